The van der Waals surface area contributed by atoms with Gasteiger partial charge in [-0.15, -0.1) is 5.92 Å². The first-order chi connectivity index (χ1) is 14.9. The number of hydrogen-bond acceptors (Lipinski definition) is 5. The predicted molar refractivity (Wildman–Crippen MR) is 118 cm³/mol. The van der Waals surface area contributed by atoms with Crippen LogP contribution in [0, 0.1) is 18.8 Å². The maximum atomic E-state index is 13.3. The zero-order chi connectivity index (χ0) is 22.6. The van der Waals surface area contributed by atoms with Gasteiger partial charge in [0.25, 0.3) is 5.91 Å². The molecule has 1 fully saturated rings. The summed E-state index contributed by atoms with van der Waals surface area (Å²) in [5, 5.41) is 3.15. The minimum Gasteiger partial charge on any atom is -0.434 e. The molecule has 6 nitrogen and oxygen atoms in total. The van der Waals surface area contributed by atoms with Gasteiger partial charge in [0.05, 0.1) is 23.8 Å². The maximum Gasteiger partial charge on any atom is 0.513 e. The number of benzene rings is 1. The number of ether oxygens (including phenoxy) is 3. The second kappa shape index (κ2) is 9.57. The van der Waals surface area contributed by atoms with Crippen LogP contribution >= 0.6 is 0 Å². The molecule has 1 heterocycles. The fourth-order valence-corrected chi connectivity index (χ4v) is 4.67. The van der Waals surface area contributed by atoms with Crippen molar-refractivity contribution in [2.24, 2.45) is 0 Å². The smallest absolute Gasteiger partial charge is 0.434 e. The van der Waals surface area contributed by atoms with Crippen molar-refractivity contribution in [3.63, 3.8) is 0 Å². The Bertz CT molecular complexity index is 958. The summed E-state index contributed by atoms with van der Waals surface area (Å²) in [6.07, 6.45) is 2.87. The van der Waals surface area contributed by atoms with E-state index in [9.17, 15) is 9.59 Å². The topological polar surface area (TPSA) is 73.9 Å². The van der Waals surface area contributed by atoms with E-state index in [2.05, 4.69) is 17.2 Å². The lowest BCUT2D eigenvalue weighted by Gasteiger charge is -2.37. The number of hydrogen-bond donors (Lipinski definition) is 1. The standard InChI is InChI=1S/C25H31NO5/c1-6-9-17-14-16(4)20(18(7-2)15-17)21-22(31-24(28)30-8-3)25(26-23(21)27)12-10-19(29-5)11-13-25/h14-15,19H,7-8,10-13H2,1-5H3,(H,26,27). The van der Waals surface area contributed by atoms with E-state index in [1.807, 2.05) is 26.0 Å². The Kier molecular flexibility index (Phi) is 7.07. The summed E-state index contributed by atoms with van der Waals surface area (Å²) in [7, 11) is 1.70. The maximum absolute atomic E-state index is 13.3. The molecular weight excluding hydrogens is 394 g/mol. The molecule has 166 valence electrons. The summed E-state index contributed by atoms with van der Waals surface area (Å²) in [6.45, 7) is 7.73. The Labute approximate surface area is 184 Å². The largest absolute Gasteiger partial charge is 0.513 e. The summed E-state index contributed by atoms with van der Waals surface area (Å²) >= 11 is 0. The second-order valence-electron chi connectivity index (χ2n) is 8.02. The van der Waals surface area contributed by atoms with Gasteiger partial charge in [0.1, 0.15) is 5.76 Å². The third-order valence-electron chi connectivity index (χ3n) is 6.13. The fraction of sp³-hybridized carbons (Fsp3) is 0.520. The Morgan fingerprint density at radius 3 is 2.55 bits per heavy atom. The summed E-state index contributed by atoms with van der Waals surface area (Å²) in [5.74, 6) is 6.17. The summed E-state index contributed by atoms with van der Waals surface area (Å²) in [6, 6.07) is 3.98. The van der Waals surface area contributed by atoms with Crippen LogP contribution in [0.1, 0.15) is 68.7 Å². The van der Waals surface area contributed by atoms with E-state index in [0.29, 0.717) is 24.2 Å². The molecule has 1 N–H and O–H groups in total. The van der Waals surface area contributed by atoms with Crippen LogP contribution in [0.3, 0.4) is 0 Å². The Morgan fingerprint density at radius 1 is 1.26 bits per heavy atom. The molecule has 1 aromatic carbocycles. The van der Waals surface area contributed by atoms with Gasteiger partial charge in [-0.05, 0) is 81.7 Å². The first-order valence-corrected chi connectivity index (χ1v) is 10.9. The first kappa shape index (κ1) is 22.9. The van der Waals surface area contributed by atoms with Gasteiger partial charge >= 0.3 is 6.16 Å². The fourth-order valence-electron chi connectivity index (χ4n) is 4.67. The molecule has 1 aliphatic heterocycles. The van der Waals surface area contributed by atoms with Crippen molar-refractivity contribution in [2.75, 3.05) is 13.7 Å². The minimum absolute atomic E-state index is 0.135. The van der Waals surface area contributed by atoms with E-state index in [0.717, 1.165) is 41.5 Å². The van der Waals surface area contributed by atoms with E-state index in [-0.39, 0.29) is 18.6 Å². The molecule has 1 spiro atoms. The normalized spacial score (nSPS) is 22.7. The quantitative estimate of drug-likeness (QED) is 0.563. The Hall–Kier alpha value is -2.78. The molecule has 1 amide bonds. The van der Waals surface area contributed by atoms with Gasteiger partial charge < -0.3 is 19.5 Å². The predicted octanol–water partition coefficient (Wildman–Crippen LogP) is 4.27. The lowest BCUT2D eigenvalue weighted by atomic mass is 9.78. The summed E-state index contributed by atoms with van der Waals surface area (Å²) in [5.41, 5.74) is 3.34. The third kappa shape index (κ3) is 4.47. The van der Waals surface area contributed by atoms with Gasteiger partial charge in [0, 0.05) is 12.7 Å². The minimum atomic E-state index is -0.788. The molecular formula is C25H31NO5. The SMILES string of the molecule is CC#Cc1cc(C)c(C2=C(OC(=O)OCC)C3(CCC(OC)CC3)NC2=O)c(CC)c1. The number of amides is 1. The summed E-state index contributed by atoms with van der Waals surface area (Å²) < 4.78 is 16.3. The molecule has 0 bridgehead atoms. The van der Waals surface area contributed by atoms with E-state index in [1.165, 1.54) is 0 Å². The van der Waals surface area contributed by atoms with Crippen molar-refractivity contribution in [1.82, 2.24) is 5.32 Å². The molecule has 31 heavy (non-hydrogen) atoms. The lowest BCUT2D eigenvalue weighted by Crippen LogP contribution is -2.49. The van der Waals surface area contributed by atoms with Gasteiger partial charge in [0.2, 0.25) is 0 Å². The van der Waals surface area contributed by atoms with Gasteiger partial charge in [-0.25, -0.2) is 4.79 Å². The number of carbonyl (C=O) groups excluding carboxylic acids is 2. The molecule has 1 saturated carbocycles. The average Bonchev–Trinajstić information content (AvgIpc) is 2.99. The highest BCUT2D eigenvalue weighted by Crippen LogP contribution is 2.45. The van der Waals surface area contributed by atoms with Crippen molar-refractivity contribution in [3.05, 3.63) is 40.1 Å². The molecule has 0 aromatic heterocycles. The molecule has 0 atom stereocenters. The molecule has 0 saturated heterocycles. The number of aryl methyl sites for hydroxylation is 2. The molecule has 3 rings (SSSR count). The van der Waals surface area contributed by atoms with Crippen molar-refractivity contribution in [2.45, 2.75) is 71.4 Å². The van der Waals surface area contributed by atoms with Crippen LogP contribution in [0.2, 0.25) is 0 Å². The van der Waals surface area contributed by atoms with Gasteiger partial charge in [-0.3, -0.25) is 4.79 Å². The Morgan fingerprint density at radius 2 is 1.97 bits per heavy atom. The van der Waals surface area contributed by atoms with Crippen LogP contribution in [0.5, 0.6) is 0 Å². The van der Waals surface area contributed by atoms with Crippen LogP contribution in [-0.2, 0) is 25.4 Å². The summed E-state index contributed by atoms with van der Waals surface area (Å²) in [4.78, 5) is 25.7. The number of nitrogens with one attached hydrogen (secondary N) is 1. The third-order valence-corrected chi connectivity index (χ3v) is 6.13. The molecule has 0 radical (unpaired) electrons. The lowest BCUT2D eigenvalue weighted by molar-refractivity contribution is -0.116. The highest BCUT2D eigenvalue weighted by molar-refractivity contribution is 6.24. The van der Waals surface area contributed by atoms with E-state index < -0.39 is 11.7 Å². The molecule has 1 aromatic rings. The average molecular weight is 426 g/mol. The van der Waals surface area contributed by atoms with Gasteiger partial charge in [-0.2, -0.15) is 0 Å². The van der Waals surface area contributed by atoms with Gasteiger partial charge in [-0.1, -0.05) is 12.8 Å². The highest BCUT2D eigenvalue weighted by Gasteiger charge is 2.50. The highest BCUT2D eigenvalue weighted by atomic mass is 16.7. The second-order valence-corrected chi connectivity index (χ2v) is 8.02. The van der Waals surface area contributed by atoms with Crippen LogP contribution in [0.25, 0.3) is 5.57 Å². The molecule has 0 unspecified atom stereocenters. The van der Waals surface area contributed by atoms with Crippen LogP contribution in [0.4, 0.5) is 4.79 Å². The molecule has 2 aliphatic rings. The van der Waals surface area contributed by atoms with Crippen molar-refractivity contribution >= 4 is 17.6 Å². The van der Waals surface area contributed by atoms with Crippen LogP contribution in [-0.4, -0.2) is 37.4 Å². The number of rotatable bonds is 5. The first-order valence-electron chi connectivity index (χ1n) is 10.9. The monoisotopic (exact) mass is 425 g/mol. The van der Waals surface area contributed by atoms with Gasteiger partial charge in [0.15, 0.2) is 0 Å². The molecule has 6 heteroatoms. The van der Waals surface area contributed by atoms with Crippen molar-refractivity contribution in [3.8, 4) is 11.8 Å². The van der Waals surface area contributed by atoms with E-state index in [4.69, 9.17) is 14.2 Å². The van der Waals surface area contributed by atoms with E-state index >= 15 is 0 Å². The zero-order valence-corrected chi connectivity index (χ0v) is 19.0. The van der Waals surface area contributed by atoms with Crippen molar-refractivity contribution < 1.29 is 23.8 Å². The van der Waals surface area contributed by atoms with Crippen LogP contribution in [0.15, 0.2) is 17.9 Å². The van der Waals surface area contributed by atoms with E-state index in [1.54, 1.807) is 21.0 Å². The zero-order valence-electron chi connectivity index (χ0n) is 19.0. The number of carbonyl (C=O) groups is 2. The molecule has 1 aliphatic carbocycles. The van der Waals surface area contributed by atoms with Crippen LogP contribution < -0.4 is 5.32 Å². The number of methoxy groups -OCH3 is 1. The van der Waals surface area contributed by atoms with Crippen molar-refractivity contribution in [1.29, 1.82) is 0 Å². The Balaban J connectivity index is 2.17.